The average molecular weight is 373 g/mol. The van der Waals surface area contributed by atoms with Gasteiger partial charge in [0.05, 0.1) is 6.54 Å². The molecule has 0 amide bonds. The van der Waals surface area contributed by atoms with Gasteiger partial charge < -0.3 is 4.42 Å². The molecule has 2 aromatic heterocycles. The van der Waals surface area contributed by atoms with E-state index in [4.69, 9.17) is 4.42 Å². The monoisotopic (exact) mass is 373 g/mol. The molecular formula is C23H23N3O2. The quantitative estimate of drug-likeness (QED) is 0.673. The Balaban J connectivity index is 1.54. The molecule has 1 saturated heterocycles. The third-order valence-corrected chi connectivity index (χ3v) is 5.76. The molecular weight excluding hydrogens is 350 g/mol. The molecule has 5 nitrogen and oxygen atoms in total. The summed E-state index contributed by atoms with van der Waals surface area (Å²) in [5.74, 6) is 1.98. The van der Waals surface area contributed by atoms with Crippen LogP contribution in [0, 0.1) is 0 Å². The number of carbonyl (C=O) groups is 1. The van der Waals surface area contributed by atoms with Crippen LogP contribution in [0.3, 0.4) is 0 Å². The van der Waals surface area contributed by atoms with Gasteiger partial charge in [-0.25, -0.2) is 9.97 Å². The zero-order valence-electron chi connectivity index (χ0n) is 15.9. The first-order valence-electron chi connectivity index (χ1n) is 10.1. The third-order valence-electron chi connectivity index (χ3n) is 5.76. The molecule has 0 radical (unpaired) electrons. The predicted octanol–water partition coefficient (Wildman–Crippen LogP) is 4.52. The Kier molecular flexibility index (Phi) is 4.53. The van der Waals surface area contributed by atoms with Crippen LogP contribution >= 0.6 is 0 Å². The molecule has 142 valence electrons. The van der Waals surface area contributed by atoms with E-state index < -0.39 is 0 Å². The lowest BCUT2D eigenvalue weighted by atomic mass is 9.99. The topological polar surface area (TPSA) is 59.2 Å². The fourth-order valence-corrected chi connectivity index (χ4v) is 4.31. The van der Waals surface area contributed by atoms with Gasteiger partial charge in [-0.3, -0.25) is 9.69 Å². The zero-order chi connectivity index (χ0) is 18.9. The number of fused-ring (bicyclic) bond motifs is 1. The summed E-state index contributed by atoms with van der Waals surface area (Å²) < 4.78 is 6.30. The van der Waals surface area contributed by atoms with Crippen LogP contribution in [0.1, 0.15) is 47.4 Å². The average Bonchev–Trinajstić information content (AvgIpc) is 3.33. The maximum atomic E-state index is 12.0. The maximum Gasteiger partial charge on any atom is 0.163 e. The molecule has 2 aliphatic rings. The van der Waals surface area contributed by atoms with E-state index >= 15 is 0 Å². The lowest BCUT2D eigenvalue weighted by Gasteiger charge is -2.25. The van der Waals surface area contributed by atoms with Crippen LogP contribution < -0.4 is 0 Å². The summed E-state index contributed by atoms with van der Waals surface area (Å²) in [4.78, 5) is 22.9. The predicted molar refractivity (Wildman–Crippen MR) is 107 cm³/mol. The zero-order valence-corrected chi connectivity index (χ0v) is 15.9. The molecule has 28 heavy (non-hydrogen) atoms. The van der Waals surface area contributed by atoms with Crippen LogP contribution in [0.25, 0.3) is 22.6 Å². The summed E-state index contributed by atoms with van der Waals surface area (Å²) >= 11 is 0. The Morgan fingerprint density at radius 3 is 2.71 bits per heavy atom. The number of Topliss-reactive ketones (excluding diaryl/α,β-unsaturated/α-hetero) is 1. The van der Waals surface area contributed by atoms with Crippen molar-refractivity contribution in [1.82, 2.24) is 14.9 Å². The molecule has 3 heterocycles. The summed E-state index contributed by atoms with van der Waals surface area (Å²) in [6.07, 6.45) is 8.55. The number of hydrogen-bond donors (Lipinski definition) is 0. The van der Waals surface area contributed by atoms with Gasteiger partial charge in [0.25, 0.3) is 0 Å². The number of nitrogens with zero attached hydrogens (tertiary/aromatic N) is 3. The minimum atomic E-state index is 0.246. The Labute approximate surface area is 164 Å². The van der Waals surface area contributed by atoms with Gasteiger partial charge in [-0.2, -0.15) is 0 Å². The number of ketones is 1. The molecule has 1 aliphatic heterocycles. The SMILES string of the molecule is O=C1CCc2cc(-c3cc(CN4CCCCC4)oc3-c3ccncn3)ccc21. The highest BCUT2D eigenvalue weighted by atomic mass is 16.3. The standard InChI is InChI=1S/C23H23N3O2/c27-22-7-5-16-12-17(4-6-19(16)22)20-13-18(14-26-10-2-1-3-11-26)28-23(20)21-8-9-24-15-25-21/h4,6,8-9,12-13,15H,1-3,5,7,10-11,14H2. The molecule has 1 aliphatic carbocycles. The molecule has 0 bridgehead atoms. The van der Waals surface area contributed by atoms with Crippen molar-refractivity contribution in [2.45, 2.75) is 38.6 Å². The Morgan fingerprint density at radius 1 is 1.00 bits per heavy atom. The number of aryl methyl sites for hydroxylation is 1. The summed E-state index contributed by atoms with van der Waals surface area (Å²) in [6.45, 7) is 3.07. The molecule has 0 unspecified atom stereocenters. The Morgan fingerprint density at radius 2 is 1.89 bits per heavy atom. The highest BCUT2D eigenvalue weighted by Gasteiger charge is 2.23. The molecule has 0 atom stereocenters. The van der Waals surface area contributed by atoms with E-state index in [1.54, 1.807) is 12.5 Å². The fourth-order valence-electron chi connectivity index (χ4n) is 4.31. The number of rotatable bonds is 4. The normalized spacial score (nSPS) is 17.1. The number of hydrogen-bond acceptors (Lipinski definition) is 5. The van der Waals surface area contributed by atoms with Gasteiger partial charge in [0.2, 0.25) is 0 Å². The van der Waals surface area contributed by atoms with Crippen molar-refractivity contribution >= 4 is 5.78 Å². The van der Waals surface area contributed by atoms with Crippen LogP contribution in [0.2, 0.25) is 0 Å². The van der Waals surface area contributed by atoms with E-state index in [1.807, 2.05) is 18.2 Å². The van der Waals surface area contributed by atoms with Gasteiger partial charge >= 0.3 is 0 Å². The van der Waals surface area contributed by atoms with Gasteiger partial charge in [0.15, 0.2) is 11.5 Å². The van der Waals surface area contributed by atoms with E-state index in [2.05, 4.69) is 27.0 Å². The summed E-state index contributed by atoms with van der Waals surface area (Å²) in [5, 5.41) is 0. The second-order valence-corrected chi connectivity index (χ2v) is 7.68. The minimum Gasteiger partial charge on any atom is -0.457 e. The molecule has 5 rings (SSSR count). The van der Waals surface area contributed by atoms with Gasteiger partial charge in [-0.1, -0.05) is 24.6 Å². The van der Waals surface area contributed by atoms with Crippen LogP contribution in [-0.4, -0.2) is 33.7 Å². The summed E-state index contributed by atoms with van der Waals surface area (Å²) in [5.41, 5.74) is 4.90. The largest absolute Gasteiger partial charge is 0.457 e. The molecule has 3 aromatic rings. The van der Waals surface area contributed by atoms with E-state index in [-0.39, 0.29) is 5.78 Å². The van der Waals surface area contributed by atoms with E-state index in [9.17, 15) is 4.79 Å². The van der Waals surface area contributed by atoms with Crippen molar-refractivity contribution in [3.05, 3.63) is 59.7 Å². The molecule has 0 saturated carbocycles. The number of likely N-dealkylation sites (tertiary alicyclic amines) is 1. The van der Waals surface area contributed by atoms with Crippen LogP contribution in [0.15, 0.2) is 47.3 Å². The van der Waals surface area contributed by atoms with Crippen LogP contribution in [0.4, 0.5) is 0 Å². The molecule has 0 N–H and O–H groups in total. The van der Waals surface area contributed by atoms with Crippen LogP contribution in [0.5, 0.6) is 0 Å². The van der Waals surface area contributed by atoms with Gasteiger partial charge in [-0.15, -0.1) is 0 Å². The second kappa shape index (κ2) is 7.32. The first-order valence-corrected chi connectivity index (χ1v) is 10.1. The number of furan rings is 1. The number of benzene rings is 1. The fraction of sp³-hybridized carbons (Fsp3) is 0.348. The van der Waals surface area contributed by atoms with Crippen molar-refractivity contribution in [3.8, 4) is 22.6 Å². The minimum absolute atomic E-state index is 0.246. The first-order chi connectivity index (χ1) is 13.8. The Bertz CT molecular complexity index is 1000. The smallest absolute Gasteiger partial charge is 0.163 e. The van der Waals surface area contributed by atoms with Crippen molar-refractivity contribution in [3.63, 3.8) is 0 Å². The first kappa shape index (κ1) is 17.3. The van der Waals surface area contributed by atoms with Gasteiger partial charge in [0, 0.05) is 23.7 Å². The molecule has 5 heteroatoms. The van der Waals surface area contributed by atoms with Crippen molar-refractivity contribution in [2.75, 3.05) is 13.1 Å². The van der Waals surface area contributed by atoms with E-state index in [1.165, 1.54) is 19.3 Å². The van der Waals surface area contributed by atoms with Crippen LogP contribution in [-0.2, 0) is 13.0 Å². The summed E-state index contributed by atoms with van der Waals surface area (Å²) in [6, 6.07) is 10.2. The lowest BCUT2D eigenvalue weighted by molar-refractivity contribution is 0.0994. The van der Waals surface area contributed by atoms with Gasteiger partial charge in [-0.05, 0) is 55.6 Å². The van der Waals surface area contributed by atoms with Gasteiger partial charge in [0.1, 0.15) is 17.8 Å². The van der Waals surface area contributed by atoms with E-state index in [0.717, 1.165) is 65.5 Å². The lowest BCUT2D eigenvalue weighted by Crippen LogP contribution is -2.28. The summed E-state index contributed by atoms with van der Waals surface area (Å²) in [7, 11) is 0. The molecule has 1 aromatic carbocycles. The van der Waals surface area contributed by atoms with Crippen molar-refractivity contribution < 1.29 is 9.21 Å². The third kappa shape index (κ3) is 3.27. The van der Waals surface area contributed by atoms with Crippen molar-refractivity contribution in [2.24, 2.45) is 0 Å². The second-order valence-electron chi connectivity index (χ2n) is 7.68. The highest BCUT2D eigenvalue weighted by molar-refractivity contribution is 6.01. The Hall–Kier alpha value is -2.79. The highest BCUT2D eigenvalue weighted by Crippen LogP contribution is 2.37. The number of piperidine rings is 1. The van der Waals surface area contributed by atoms with E-state index in [0.29, 0.717) is 6.42 Å². The number of carbonyl (C=O) groups excluding carboxylic acids is 1. The number of aromatic nitrogens is 2. The maximum absolute atomic E-state index is 12.0. The molecule has 1 fully saturated rings. The van der Waals surface area contributed by atoms with Crippen molar-refractivity contribution in [1.29, 1.82) is 0 Å². The molecule has 0 spiro atoms.